The van der Waals surface area contributed by atoms with E-state index < -0.39 is 0 Å². The van der Waals surface area contributed by atoms with Gasteiger partial charge in [0.1, 0.15) is 0 Å². The summed E-state index contributed by atoms with van der Waals surface area (Å²) in [5.74, 6) is 0. The lowest BCUT2D eigenvalue weighted by Crippen LogP contribution is -2.41. The molecule has 3 N–H and O–H groups in total. The first-order valence-electron chi connectivity index (χ1n) is 7.26. The van der Waals surface area contributed by atoms with Crippen molar-refractivity contribution in [3.8, 4) is 0 Å². The Bertz CT molecular complexity index is 595. The van der Waals surface area contributed by atoms with Gasteiger partial charge in [0.25, 0.3) is 0 Å². The summed E-state index contributed by atoms with van der Waals surface area (Å²) in [6.07, 6.45) is 5.58. The minimum Gasteiger partial charge on any atom is -0.398 e. The number of nitrogens with zero attached hydrogens (tertiary/aromatic N) is 2. The second kappa shape index (κ2) is 5.77. The SMILES string of the molecule is Nc1ccc(CN(CCO)C2CCC2)c2ncccc12. The summed E-state index contributed by atoms with van der Waals surface area (Å²) in [5.41, 5.74) is 8.96. The van der Waals surface area contributed by atoms with Crippen LogP contribution in [0.4, 0.5) is 5.69 Å². The monoisotopic (exact) mass is 271 g/mol. The van der Waals surface area contributed by atoms with E-state index in [0.29, 0.717) is 6.04 Å². The third kappa shape index (κ3) is 2.49. The molecule has 1 fully saturated rings. The average Bonchev–Trinajstić information content (AvgIpc) is 2.40. The Kier molecular flexibility index (Phi) is 3.85. The van der Waals surface area contributed by atoms with Crippen LogP contribution in [-0.2, 0) is 6.54 Å². The summed E-state index contributed by atoms with van der Waals surface area (Å²) in [5, 5.41) is 10.3. The van der Waals surface area contributed by atoms with Crippen LogP contribution in [0, 0.1) is 0 Å². The summed E-state index contributed by atoms with van der Waals surface area (Å²) >= 11 is 0. The van der Waals surface area contributed by atoms with Crippen molar-refractivity contribution in [1.29, 1.82) is 0 Å². The minimum atomic E-state index is 0.205. The lowest BCUT2D eigenvalue weighted by Gasteiger charge is -2.37. The maximum atomic E-state index is 9.26. The summed E-state index contributed by atoms with van der Waals surface area (Å²) in [6, 6.07) is 8.56. The zero-order chi connectivity index (χ0) is 13.9. The van der Waals surface area contributed by atoms with Crippen LogP contribution in [0.3, 0.4) is 0 Å². The van der Waals surface area contributed by atoms with E-state index in [1.807, 2.05) is 24.4 Å². The van der Waals surface area contributed by atoms with Gasteiger partial charge in [0.05, 0.1) is 12.1 Å². The third-order valence-corrected chi connectivity index (χ3v) is 4.24. The van der Waals surface area contributed by atoms with E-state index in [1.54, 1.807) is 0 Å². The fraction of sp³-hybridized carbons (Fsp3) is 0.438. The van der Waals surface area contributed by atoms with Crippen molar-refractivity contribution in [3.05, 3.63) is 36.0 Å². The maximum Gasteiger partial charge on any atom is 0.0767 e. The smallest absolute Gasteiger partial charge is 0.0767 e. The molecule has 1 aromatic heterocycles. The molecule has 2 aromatic rings. The lowest BCUT2D eigenvalue weighted by atomic mass is 9.91. The second-order valence-electron chi connectivity index (χ2n) is 5.49. The number of pyridine rings is 1. The zero-order valence-electron chi connectivity index (χ0n) is 11.6. The standard InChI is InChI=1S/C16H21N3O/c17-15-7-6-12(16-14(15)5-2-8-18-16)11-19(9-10-20)13-3-1-4-13/h2,5-8,13,20H,1,3-4,9-11,17H2. The number of anilines is 1. The van der Waals surface area contributed by atoms with Crippen LogP contribution in [0.15, 0.2) is 30.5 Å². The molecule has 4 heteroatoms. The molecule has 1 aromatic carbocycles. The van der Waals surface area contributed by atoms with Crippen molar-refractivity contribution in [2.24, 2.45) is 0 Å². The molecule has 0 saturated heterocycles. The Morgan fingerprint density at radius 1 is 1.30 bits per heavy atom. The highest BCUT2D eigenvalue weighted by Crippen LogP contribution is 2.28. The van der Waals surface area contributed by atoms with Crippen LogP contribution >= 0.6 is 0 Å². The van der Waals surface area contributed by atoms with Gasteiger partial charge in [0.15, 0.2) is 0 Å². The highest BCUT2D eigenvalue weighted by Gasteiger charge is 2.25. The predicted octanol–water partition coefficient (Wildman–Crippen LogP) is 2.16. The molecular weight excluding hydrogens is 250 g/mol. The maximum absolute atomic E-state index is 9.26. The molecule has 4 nitrogen and oxygen atoms in total. The normalized spacial score (nSPS) is 15.7. The number of hydrogen-bond acceptors (Lipinski definition) is 4. The Balaban J connectivity index is 1.91. The van der Waals surface area contributed by atoms with Crippen LogP contribution in [-0.4, -0.2) is 34.2 Å². The van der Waals surface area contributed by atoms with E-state index in [9.17, 15) is 5.11 Å². The number of aromatic nitrogens is 1. The fourth-order valence-corrected chi connectivity index (χ4v) is 2.87. The van der Waals surface area contributed by atoms with Crippen molar-refractivity contribution in [3.63, 3.8) is 0 Å². The van der Waals surface area contributed by atoms with E-state index in [-0.39, 0.29) is 6.61 Å². The minimum absolute atomic E-state index is 0.205. The lowest BCUT2D eigenvalue weighted by molar-refractivity contribution is 0.0949. The molecule has 0 spiro atoms. The number of rotatable bonds is 5. The largest absolute Gasteiger partial charge is 0.398 e. The molecule has 3 rings (SSSR count). The fourth-order valence-electron chi connectivity index (χ4n) is 2.87. The van der Waals surface area contributed by atoms with Gasteiger partial charge in [-0.1, -0.05) is 12.5 Å². The van der Waals surface area contributed by atoms with E-state index in [4.69, 9.17) is 5.73 Å². The molecule has 1 aliphatic carbocycles. The Morgan fingerprint density at radius 2 is 2.15 bits per heavy atom. The van der Waals surface area contributed by atoms with Crippen LogP contribution < -0.4 is 5.73 Å². The Labute approximate surface area is 119 Å². The van der Waals surface area contributed by atoms with Gasteiger partial charge in [-0.05, 0) is 36.6 Å². The van der Waals surface area contributed by atoms with Crippen molar-refractivity contribution in [1.82, 2.24) is 9.88 Å². The molecule has 1 saturated carbocycles. The molecule has 20 heavy (non-hydrogen) atoms. The second-order valence-corrected chi connectivity index (χ2v) is 5.49. The molecule has 106 valence electrons. The van der Waals surface area contributed by atoms with E-state index in [1.165, 1.54) is 24.8 Å². The van der Waals surface area contributed by atoms with Gasteiger partial charge in [0.2, 0.25) is 0 Å². The number of nitrogens with two attached hydrogens (primary N) is 1. The van der Waals surface area contributed by atoms with Gasteiger partial charge in [-0.3, -0.25) is 9.88 Å². The van der Waals surface area contributed by atoms with Gasteiger partial charge in [-0.15, -0.1) is 0 Å². The molecule has 1 aliphatic rings. The summed E-state index contributed by atoms with van der Waals surface area (Å²) in [7, 11) is 0. The van der Waals surface area contributed by atoms with Crippen LogP contribution in [0.1, 0.15) is 24.8 Å². The zero-order valence-corrected chi connectivity index (χ0v) is 11.6. The topological polar surface area (TPSA) is 62.4 Å². The van der Waals surface area contributed by atoms with Crippen molar-refractivity contribution >= 4 is 16.6 Å². The highest BCUT2D eigenvalue weighted by molar-refractivity contribution is 5.92. The van der Waals surface area contributed by atoms with Crippen LogP contribution in [0.25, 0.3) is 10.9 Å². The number of aliphatic hydroxyl groups is 1. The number of nitrogen functional groups attached to an aromatic ring is 1. The van der Waals surface area contributed by atoms with Gasteiger partial charge >= 0.3 is 0 Å². The van der Waals surface area contributed by atoms with Crippen LogP contribution in [0.5, 0.6) is 0 Å². The summed E-state index contributed by atoms with van der Waals surface area (Å²) in [4.78, 5) is 6.85. The average molecular weight is 271 g/mol. The Hall–Kier alpha value is -1.65. The molecule has 0 amide bonds. The molecular formula is C16H21N3O. The Morgan fingerprint density at radius 3 is 2.85 bits per heavy atom. The number of fused-ring (bicyclic) bond motifs is 1. The molecule has 0 unspecified atom stereocenters. The summed E-state index contributed by atoms with van der Waals surface area (Å²) < 4.78 is 0. The van der Waals surface area contributed by atoms with Crippen molar-refractivity contribution < 1.29 is 5.11 Å². The highest BCUT2D eigenvalue weighted by atomic mass is 16.3. The molecule has 1 heterocycles. The number of aliphatic hydroxyl groups excluding tert-OH is 1. The van der Waals surface area contributed by atoms with E-state index in [2.05, 4.69) is 16.0 Å². The van der Waals surface area contributed by atoms with E-state index in [0.717, 1.165) is 29.7 Å². The van der Waals surface area contributed by atoms with Gasteiger partial charge in [0, 0.05) is 36.4 Å². The first-order chi connectivity index (χ1) is 9.79. The molecule has 0 radical (unpaired) electrons. The summed E-state index contributed by atoms with van der Waals surface area (Å²) in [6.45, 7) is 1.76. The van der Waals surface area contributed by atoms with Crippen molar-refractivity contribution in [2.45, 2.75) is 31.8 Å². The van der Waals surface area contributed by atoms with Gasteiger partial charge < -0.3 is 10.8 Å². The first-order valence-corrected chi connectivity index (χ1v) is 7.26. The van der Waals surface area contributed by atoms with E-state index >= 15 is 0 Å². The number of hydrogen-bond donors (Lipinski definition) is 2. The third-order valence-electron chi connectivity index (χ3n) is 4.24. The first kappa shape index (κ1) is 13.3. The van der Waals surface area contributed by atoms with Crippen molar-refractivity contribution in [2.75, 3.05) is 18.9 Å². The molecule has 0 aliphatic heterocycles. The van der Waals surface area contributed by atoms with Gasteiger partial charge in [-0.2, -0.15) is 0 Å². The molecule has 0 bridgehead atoms. The molecule has 0 atom stereocenters. The van der Waals surface area contributed by atoms with Gasteiger partial charge in [-0.25, -0.2) is 0 Å². The number of benzene rings is 1. The quantitative estimate of drug-likeness (QED) is 0.818. The van der Waals surface area contributed by atoms with Crippen LogP contribution in [0.2, 0.25) is 0 Å². The predicted molar refractivity (Wildman–Crippen MR) is 81.3 cm³/mol.